The molecule has 2 atom stereocenters. The molecule has 3 N–H and O–H groups in total. The van der Waals surface area contributed by atoms with E-state index in [1.54, 1.807) is 30.3 Å². The Morgan fingerprint density at radius 3 is 2.30 bits per heavy atom. The van der Waals surface area contributed by atoms with E-state index in [9.17, 15) is 20.1 Å². The van der Waals surface area contributed by atoms with Gasteiger partial charge in [0, 0.05) is 5.92 Å². The van der Waals surface area contributed by atoms with Crippen molar-refractivity contribution in [3.8, 4) is 17.2 Å². The van der Waals surface area contributed by atoms with Crippen LogP contribution in [0.2, 0.25) is 0 Å². The van der Waals surface area contributed by atoms with Crippen LogP contribution in [0.1, 0.15) is 11.1 Å². The largest absolute Gasteiger partial charge is 0.508 e. The summed E-state index contributed by atoms with van der Waals surface area (Å²) in [6.45, 7) is 0.350. The molecule has 5 nitrogen and oxygen atoms in total. The molecule has 1 heterocycles. The normalized spacial score (nSPS) is 20.4. The second-order valence-corrected chi connectivity index (χ2v) is 5.89. The lowest BCUT2D eigenvalue weighted by molar-refractivity contribution is -0.141. The van der Waals surface area contributed by atoms with Gasteiger partial charge in [-0.3, -0.25) is 4.79 Å². The number of benzene rings is 2. The zero-order chi connectivity index (χ0) is 16.4. The van der Waals surface area contributed by atoms with E-state index in [1.807, 2.05) is 0 Å². The van der Waals surface area contributed by atoms with Crippen LogP contribution in [0.3, 0.4) is 0 Å². The Morgan fingerprint density at radius 1 is 0.913 bits per heavy atom. The van der Waals surface area contributed by atoms with Gasteiger partial charge in [-0.15, -0.1) is 0 Å². The highest BCUT2D eigenvalue weighted by molar-refractivity contribution is 5.75. The summed E-state index contributed by atoms with van der Waals surface area (Å²) < 4.78 is 5.20. The number of esters is 1. The van der Waals surface area contributed by atoms with Crippen molar-refractivity contribution < 1.29 is 24.9 Å². The summed E-state index contributed by atoms with van der Waals surface area (Å²) in [6.07, 6.45) is 1.14. The first-order chi connectivity index (χ1) is 11.0. The fourth-order valence-electron chi connectivity index (χ4n) is 2.94. The molecule has 3 rings (SSSR count). The number of hydrogen-bond donors (Lipinski definition) is 3. The van der Waals surface area contributed by atoms with Crippen LogP contribution in [-0.4, -0.2) is 27.9 Å². The number of carbonyl (C=O) groups excluding carboxylic acids is 1. The summed E-state index contributed by atoms with van der Waals surface area (Å²) in [5.41, 5.74) is 1.81. The molecule has 1 aliphatic rings. The lowest BCUT2D eigenvalue weighted by atomic mass is 9.85. The number of rotatable bonds is 4. The molecule has 0 saturated carbocycles. The highest BCUT2D eigenvalue weighted by Crippen LogP contribution is 2.32. The quantitative estimate of drug-likeness (QED) is 0.596. The highest BCUT2D eigenvalue weighted by atomic mass is 16.5. The molecule has 0 bridgehead atoms. The molecule has 0 unspecified atom stereocenters. The number of cyclic esters (lactones) is 1. The van der Waals surface area contributed by atoms with Crippen molar-refractivity contribution in [2.24, 2.45) is 11.8 Å². The number of phenolic OH excluding ortho intramolecular Hbond substituents is 3. The fraction of sp³-hybridized carbons (Fsp3) is 0.278. The predicted molar refractivity (Wildman–Crippen MR) is 83.2 cm³/mol. The van der Waals surface area contributed by atoms with Crippen molar-refractivity contribution in [3.05, 3.63) is 53.6 Å². The molecular formula is C18H18O5. The molecular weight excluding hydrogens is 296 g/mol. The van der Waals surface area contributed by atoms with E-state index in [0.717, 1.165) is 11.1 Å². The summed E-state index contributed by atoms with van der Waals surface area (Å²) >= 11 is 0. The Bertz CT molecular complexity index is 708. The third kappa shape index (κ3) is 3.39. The average molecular weight is 314 g/mol. The SMILES string of the molecule is O=C1OC[C@H](Cc2ccc(O)c(O)c2)[C@H]1Cc1ccc(O)cc1. The maximum absolute atomic E-state index is 12.0. The Kier molecular flexibility index (Phi) is 4.10. The Hall–Kier alpha value is -2.69. The molecule has 0 spiro atoms. The van der Waals surface area contributed by atoms with Gasteiger partial charge in [0.1, 0.15) is 5.75 Å². The minimum absolute atomic E-state index is 0.0141. The second-order valence-electron chi connectivity index (χ2n) is 5.89. The molecule has 23 heavy (non-hydrogen) atoms. The van der Waals surface area contributed by atoms with Gasteiger partial charge in [0.25, 0.3) is 0 Å². The summed E-state index contributed by atoms with van der Waals surface area (Å²) in [7, 11) is 0. The summed E-state index contributed by atoms with van der Waals surface area (Å²) in [5.74, 6) is -0.586. The lowest BCUT2D eigenvalue weighted by Crippen LogP contribution is -2.20. The van der Waals surface area contributed by atoms with E-state index in [2.05, 4.69) is 0 Å². The smallest absolute Gasteiger partial charge is 0.309 e. The van der Waals surface area contributed by atoms with Gasteiger partial charge in [0.05, 0.1) is 12.5 Å². The topological polar surface area (TPSA) is 87.0 Å². The molecule has 0 radical (unpaired) electrons. The Balaban J connectivity index is 1.74. The maximum Gasteiger partial charge on any atom is 0.309 e. The Morgan fingerprint density at radius 2 is 1.61 bits per heavy atom. The van der Waals surface area contributed by atoms with Gasteiger partial charge < -0.3 is 20.1 Å². The summed E-state index contributed by atoms with van der Waals surface area (Å²) in [5, 5.41) is 28.3. The number of carbonyl (C=O) groups is 1. The third-order valence-electron chi connectivity index (χ3n) is 4.24. The standard InChI is InChI=1S/C18H18O5/c19-14-4-1-11(2-5-14)8-15-13(10-23-18(15)22)7-12-3-6-16(20)17(21)9-12/h1-6,9,13,15,19-21H,7-8,10H2/t13-,15+/m0/s1. The van der Waals surface area contributed by atoms with Crippen molar-refractivity contribution in [1.82, 2.24) is 0 Å². The van der Waals surface area contributed by atoms with Crippen LogP contribution in [0.5, 0.6) is 17.2 Å². The van der Waals surface area contributed by atoms with Crippen molar-refractivity contribution in [2.75, 3.05) is 6.61 Å². The molecule has 1 saturated heterocycles. The van der Waals surface area contributed by atoms with Gasteiger partial charge in [0.2, 0.25) is 0 Å². The van der Waals surface area contributed by atoms with Crippen LogP contribution >= 0.6 is 0 Å². The van der Waals surface area contributed by atoms with E-state index in [-0.39, 0.29) is 35.1 Å². The van der Waals surface area contributed by atoms with Crippen molar-refractivity contribution in [1.29, 1.82) is 0 Å². The van der Waals surface area contributed by atoms with Crippen LogP contribution in [0.15, 0.2) is 42.5 Å². The van der Waals surface area contributed by atoms with E-state index in [4.69, 9.17) is 4.74 Å². The van der Waals surface area contributed by atoms with Crippen molar-refractivity contribution >= 4 is 5.97 Å². The number of hydrogen-bond acceptors (Lipinski definition) is 5. The fourth-order valence-corrected chi connectivity index (χ4v) is 2.94. The van der Waals surface area contributed by atoms with Crippen LogP contribution in [0, 0.1) is 11.8 Å². The van der Waals surface area contributed by atoms with Crippen molar-refractivity contribution in [2.45, 2.75) is 12.8 Å². The lowest BCUT2D eigenvalue weighted by Gasteiger charge is -2.15. The molecule has 1 fully saturated rings. The van der Waals surface area contributed by atoms with Gasteiger partial charge in [0.15, 0.2) is 11.5 Å². The predicted octanol–water partition coefficient (Wildman–Crippen LogP) is 2.38. The summed E-state index contributed by atoms with van der Waals surface area (Å²) in [4.78, 5) is 12.0. The molecule has 1 aliphatic heterocycles. The van der Waals surface area contributed by atoms with E-state index in [0.29, 0.717) is 19.4 Å². The maximum atomic E-state index is 12.0. The first-order valence-corrected chi connectivity index (χ1v) is 7.48. The van der Waals surface area contributed by atoms with Gasteiger partial charge in [-0.05, 0) is 48.2 Å². The molecule has 2 aromatic rings. The zero-order valence-electron chi connectivity index (χ0n) is 12.5. The van der Waals surface area contributed by atoms with Gasteiger partial charge in [-0.25, -0.2) is 0 Å². The molecule has 0 aromatic heterocycles. The molecule has 0 amide bonds. The second kappa shape index (κ2) is 6.20. The van der Waals surface area contributed by atoms with Crippen LogP contribution in [0.4, 0.5) is 0 Å². The van der Waals surface area contributed by atoms with E-state index < -0.39 is 0 Å². The average Bonchev–Trinajstić information content (AvgIpc) is 2.86. The van der Waals surface area contributed by atoms with E-state index >= 15 is 0 Å². The summed E-state index contributed by atoms with van der Waals surface area (Å²) in [6, 6.07) is 11.5. The van der Waals surface area contributed by atoms with Crippen LogP contribution in [0.25, 0.3) is 0 Å². The third-order valence-corrected chi connectivity index (χ3v) is 4.24. The van der Waals surface area contributed by atoms with Gasteiger partial charge in [-0.2, -0.15) is 0 Å². The minimum Gasteiger partial charge on any atom is -0.508 e. The van der Waals surface area contributed by atoms with Crippen LogP contribution < -0.4 is 0 Å². The van der Waals surface area contributed by atoms with Crippen molar-refractivity contribution in [3.63, 3.8) is 0 Å². The number of aromatic hydroxyl groups is 3. The molecule has 0 aliphatic carbocycles. The number of phenols is 3. The minimum atomic E-state index is -0.254. The first kappa shape index (κ1) is 15.2. The van der Waals surface area contributed by atoms with Gasteiger partial charge in [-0.1, -0.05) is 18.2 Å². The zero-order valence-corrected chi connectivity index (χ0v) is 12.5. The monoisotopic (exact) mass is 314 g/mol. The van der Waals surface area contributed by atoms with E-state index in [1.165, 1.54) is 12.1 Å². The highest BCUT2D eigenvalue weighted by Gasteiger charge is 2.36. The van der Waals surface area contributed by atoms with Crippen LogP contribution in [-0.2, 0) is 22.4 Å². The van der Waals surface area contributed by atoms with Gasteiger partial charge >= 0.3 is 5.97 Å². The molecule has 5 heteroatoms. The first-order valence-electron chi connectivity index (χ1n) is 7.48. The molecule has 120 valence electrons. The molecule has 2 aromatic carbocycles. The number of ether oxygens (including phenoxy) is 1. The Labute approximate surface area is 133 Å².